The number of hydrogen-bond acceptors (Lipinski definition) is 2. The van der Waals surface area contributed by atoms with Crippen molar-refractivity contribution in [3.63, 3.8) is 0 Å². The van der Waals surface area contributed by atoms with Crippen LogP contribution in [0.1, 0.15) is 25.3 Å². The maximum atomic E-state index is 8.37. The minimum Gasteiger partial charge on any atom is -0.411 e. The molecule has 0 amide bonds. The lowest BCUT2D eigenvalue weighted by molar-refractivity contribution is 0.321. The number of nitrogens with zero attached hydrogens (tertiary/aromatic N) is 1. The van der Waals surface area contributed by atoms with Gasteiger partial charge in [-0.3, -0.25) is 0 Å². The highest BCUT2D eigenvalue weighted by Gasteiger charge is 1.97. The highest BCUT2D eigenvalue weighted by molar-refractivity contribution is 5.79. The smallest absolute Gasteiger partial charge is 0.0479 e. The monoisotopic (exact) mass is 189 g/mol. The molecule has 0 heterocycles. The predicted octanol–water partition coefficient (Wildman–Crippen LogP) is 3.33. The number of hydrogen-bond donors (Lipinski definition) is 1. The quantitative estimate of drug-likeness (QED) is 0.440. The Hall–Kier alpha value is -1.57. The third kappa shape index (κ3) is 3.05. The fourth-order valence-electron chi connectivity index (χ4n) is 1.36. The van der Waals surface area contributed by atoms with Gasteiger partial charge in [-0.2, -0.15) is 0 Å². The van der Waals surface area contributed by atoms with Crippen LogP contribution in [0.15, 0.2) is 41.6 Å². The van der Waals surface area contributed by atoms with E-state index in [1.165, 1.54) is 17.4 Å². The molecule has 0 aromatic heterocycles. The van der Waals surface area contributed by atoms with Crippen LogP contribution in [-0.4, -0.2) is 11.4 Å². The Morgan fingerprint density at radius 2 is 2.07 bits per heavy atom. The predicted molar refractivity (Wildman–Crippen MR) is 59.6 cm³/mol. The average Bonchev–Trinajstić information content (AvgIpc) is 2.25. The first kappa shape index (κ1) is 10.5. The second-order valence-electron chi connectivity index (χ2n) is 3.01. The van der Waals surface area contributed by atoms with E-state index in [9.17, 15) is 0 Å². The van der Waals surface area contributed by atoms with E-state index in [-0.39, 0.29) is 0 Å². The number of benzene rings is 1. The van der Waals surface area contributed by atoms with Gasteiger partial charge in [0.1, 0.15) is 0 Å². The number of allylic oxidation sites excluding steroid dienone is 2. The molecule has 74 valence electrons. The van der Waals surface area contributed by atoms with Crippen molar-refractivity contribution in [2.75, 3.05) is 0 Å². The maximum absolute atomic E-state index is 8.37. The standard InChI is InChI=1S/C12H15NO/c1-2-6-11(9-10-13-14)12-7-4-3-5-8-12/h3-8,10,14H,2,9H2,1H3. The van der Waals surface area contributed by atoms with E-state index in [0.717, 1.165) is 6.42 Å². The van der Waals surface area contributed by atoms with Gasteiger partial charge in [0.05, 0.1) is 0 Å². The molecule has 0 aliphatic carbocycles. The molecule has 0 saturated carbocycles. The Bertz CT molecular complexity index is 314. The molecule has 0 radical (unpaired) electrons. The molecule has 1 aromatic carbocycles. The fourth-order valence-corrected chi connectivity index (χ4v) is 1.36. The molecule has 1 aromatic rings. The summed E-state index contributed by atoms with van der Waals surface area (Å²) in [6.07, 6.45) is 5.32. The van der Waals surface area contributed by atoms with Crippen LogP contribution in [0.4, 0.5) is 0 Å². The third-order valence-corrected chi connectivity index (χ3v) is 1.99. The van der Waals surface area contributed by atoms with Crippen LogP contribution in [0.3, 0.4) is 0 Å². The lowest BCUT2D eigenvalue weighted by Gasteiger charge is -2.03. The average molecular weight is 189 g/mol. The summed E-state index contributed by atoms with van der Waals surface area (Å²) in [6, 6.07) is 10.1. The molecule has 0 unspecified atom stereocenters. The molecular formula is C12H15NO. The van der Waals surface area contributed by atoms with Crippen molar-refractivity contribution in [1.82, 2.24) is 0 Å². The molecular weight excluding hydrogens is 174 g/mol. The van der Waals surface area contributed by atoms with Crippen molar-refractivity contribution in [2.24, 2.45) is 5.16 Å². The third-order valence-electron chi connectivity index (χ3n) is 1.99. The second-order valence-corrected chi connectivity index (χ2v) is 3.01. The summed E-state index contributed by atoms with van der Waals surface area (Å²) < 4.78 is 0. The Kier molecular flexibility index (Phi) is 4.48. The van der Waals surface area contributed by atoms with Crippen molar-refractivity contribution in [1.29, 1.82) is 0 Å². The zero-order valence-electron chi connectivity index (χ0n) is 8.35. The summed E-state index contributed by atoms with van der Waals surface area (Å²) in [5, 5.41) is 11.4. The first-order valence-electron chi connectivity index (χ1n) is 4.78. The Morgan fingerprint density at radius 1 is 1.36 bits per heavy atom. The van der Waals surface area contributed by atoms with E-state index in [4.69, 9.17) is 5.21 Å². The summed E-state index contributed by atoms with van der Waals surface area (Å²) in [4.78, 5) is 0. The van der Waals surface area contributed by atoms with Crippen molar-refractivity contribution >= 4 is 11.8 Å². The van der Waals surface area contributed by atoms with E-state index in [1.54, 1.807) is 0 Å². The lowest BCUT2D eigenvalue weighted by atomic mass is 10.0. The van der Waals surface area contributed by atoms with Gasteiger partial charge in [-0.05, 0) is 17.6 Å². The topological polar surface area (TPSA) is 32.6 Å². The zero-order chi connectivity index (χ0) is 10.2. The minimum atomic E-state index is 0.675. The van der Waals surface area contributed by atoms with Gasteiger partial charge in [-0.25, -0.2) is 0 Å². The van der Waals surface area contributed by atoms with Crippen LogP contribution in [0.25, 0.3) is 5.57 Å². The van der Waals surface area contributed by atoms with Gasteiger partial charge in [0.25, 0.3) is 0 Å². The summed E-state index contributed by atoms with van der Waals surface area (Å²) in [7, 11) is 0. The molecule has 0 aliphatic rings. The second kappa shape index (κ2) is 5.97. The summed E-state index contributed by atoms with van der Waals surface area (Å²) in [5.41, 5.74) is 2.39. The van der Waals surface area contributed by atoms with E-state index in [1.807, 2.05) is 18.2 Å². The fraction of sp³-hybridized carbons (Fsp3) is 0.250. The van der Waals surface area contributed by atoms with Gasteiger partial charge >= 0.3 is 0 Å². The Balaban J connectivity index is 2.84. The number of oxime groups is 1. The molecule has 2 heteroatoms. The van der Waals surface area contributed by atoms with Crippen LogP contribution < -0.4 is 0 Å². The minimum absolute atomic E-state index is 0.675. The molecule has 0 bridgehead atoms. The summed E-state index contributed by atoms with van der Waals surface area (Å²) >= 11 is 0. The van der Waals surface area contributed by atoms with Crippen LogP contribution >= 0.6 is 0 Å². The summed E-state index contributed by atoms with van der Waals surface area (Å²) in [6.45, 7) is 2.10. The van der Waals surface area contributed by atoms with Crippen molar-refractivity contribution in [3.8, 4) is 0 Å². The largest absolute Gasteiger partial charge is 0.411 e. The lowest BCUT2D eigenvalue weighted by Crippen LogP contribution is -1.85. The molecule has 0 spiro atoms. The molecule has 1 rings (SSSR count). The molecule has 0 fully saturated rings. The SMILES string of the molecule is CCC=C(CC=NO)c1ccccc1. The molecule has 0 aliphatic heterocycles. The van der Waals surface area contributed by atoms with Crippen molar-refractivity contribution in [3.05, 3.63) is 42.0 Å². The molecule has 14 heavy (non-hydrogen) atoms. The van der Waals surface area contributed by atoms with Gasteiger partial charge in [0.15, 0.2) is 0 Å². The van der Waals surface area contributed by atoms with E-state index < -0.39 is 0 Å². The maximum Gasteiger partial charge on any atom is 0.0479 e. The van der Waals surface area contributed by atoms with Gasteiger partial charge in [0, 0.05) is 12.6 Å². The molecule has 1 N–H and O–H groups in total. The van der Waals surface area contributed by atoms with E-state index >= 15 is 0 Å². The molecule has 0 atom stereocenters. The van der Waals surface area contributed by atoms with Crippen LogP contribution in [0.2, 0.25) is 0 Å². The molecule has 0 saturated heterocycles. The number of rotatable bonds is 4. The van der Waals surface area contributed by atoms with E-state index in [2.05, 4.69) is 30.3 Å². The van der Waals surface area contributed by atoms with Gasteiger partial charge in [-0.1, -0.05) is 43.3 Å². The highest BCUT2D eigenvalue weighted by atomic mass is 16.4. The highest BCUT2D eigenvalue weighted by Crippen LogP contribution is 2.17. The Morgan fingerprint density at radius 3 is 2.64 bits per heavy atom. The first-order valence-corrected chi connectivity index (χ1v) is 4.78. The van der Waals surface area contributed by atoms with Crippen LogP contribution in [-0.2, 0) is 0 Å². The van der Waals surface area contributed by atoms with Gasteiger partial charge in [0.2, 0.25) is 0 Å². The first-order chi connectivity index (χ1) is 6.88. The Labute approximate surface area is 84.6 Å². The van der Waals surface area contributed by atoms with Gasteiger partial charge < -0.3 is 5.21 Å². The van der Waals surface area contributed by atoms with E-state index in [0.29, 0.717) is 6.42 Å². The van der Waals surface area contributed by atoms with Crippen molar-refractivity contribution < 1.29 is 5.21 Å². The normalized spacial score (nSPS) is 12.2. The van der Waals surface area contributed by atoms with Gasteiger partial charge in [-0.15, -0.1) is 5.16 Å². The van der Waals surface area contributed by atoms with Crippen molar-refractivity contribution in [2.45, 2.75) is 19.8 Å². The zero-order valence-corrected chi connectivity index (χ0v) is 8.35. The van der Waals surface area contributed by atoms with Crippen LogP contribution in [0, 0.1) is 0 Å². The summed E-state index contributed by atoms with van der Waals surface area (Å²) in [5.74, 6) is 0. The molecule has 2 nitrogen and oxygen atoms in total. The van der Waals surface area contributed by atoms with Crippen LogP contribution in [0.5, 0.6) is 0 Å².